The Hall–Kier alpha value is -1.02. The Morgan fingerprint density at radius 3 is 2.44 bits per heavy atom. The summed E-state index contributed by atoms with van der Waals surface area (Å²) < 4.78 is 6.81. The van der Waals surface area contributed by atoms with Gasteiger partial charge in [-0.25, -0.2) is 0 Å². The quantitative estimate of drug-likeness (QED) is 0.636. The molecule has 90 valence electrons. The van der Waals surface area contributed by atoms with Crippen molar-refractivity contribution in [3.8, 4) is 6.07 Å². The summed E-state index contributed by atoms with van der Waals surface area (Å²) in [5, 5.41) is 9.81. The highest BCUT2D eigenvalue weighted by molar-refractivity contribution is 9.13. The van der Waals surface area contributed by atoms with E-state index in [1.54, 1.807) is 36.4 Å². The second kappa shape index (κ2) is 5.75. The Bertz CT molecular complexity index is 619. The van der Waals surface area contributed by atoms with Crippen LogP contribution >= 0.6 is 43.5 Å². The van der Waals surface area contributed by atoms with E-state index in [2.05, 4.69) is 37.9 Å². The van der Waals surface area contributed by atoms with E-state index in [1.807, 2.05) is 0 Å². The average Bonchev–Trinajstić information content (AvgIpc) is 2.67. The van der Waals surface area contributed by atoms with Crippen molar-refractivity contribution < 1.29 is 4.42 Å². The molecule has 0 unspecified atom stereocenters. The van der Waals surface area contributed by atoms with Gasteiger partial charge in [0.2, 0.25) is 0 Å². The topological polar surface area (TPSA) is 36.9 Å². The molecule has 0 radical (unpaired) electrons. The van der Waals surface area contributed by atoms with Crippen molar-refractivity contribution in [1.29, 1.82) is 5.26 Å². The third kappa shape index (κ3) is 3.05. The maximum absolute atomic E-state index is 9.17. The summed E-state index contributed by atoms with van der Waals surface area (Å²) in [4.78, 5) is 0. The molecule has 0 bridgehead atoms. The summed E-state index contributed by atoms with van der Waals surface area (Å²) in [5.41, 5.74) is 1.31. The summed E-state index contributed by atoms with van der Waals surface area (Å²) in [6.45, 7) is 0. The summed E-state index contributed by atoms with van der Waals surface area (Å²) in [6.07, 6.45) is 1.68. The molecule has 2 aromatic rings. The SMILES string of the molecule is N#CC(=Cc1cc(Br)c(Br)o1)c1ccc(Cl)cc1. The zero-order chi connectivity index (χ0) is 13.1. The number of nitrogens with zero attached hydrogens (tertiary/aromatic N) is 1. The zero-order valence-electron chi connectivity index (χ0n) is 8.95. The van der Waals surface area contributed by atoms with E-state index in [-0.39, 0.29) is 0 Å². The lowest BCUT2D eigenvalue weighted by atomic mass is 10.1. The van der Waals surface area contributed by atoms with Crippen molar-refractivity contribution in [2.24, 2.45) is 0 Å². The van der Waals surface area contributed by atoms with E-state index in [4.69, 9.17) is 21.3 Å². The minimum absolute atomic E-state index is 0.514. The largest absolute Gasteiger partial charge is 0.449 e. The van der Waals surface area contributed by atoms with Gasteiger partial charge in [-0.1, -0.05) is 23.7 Å². The van der Waals surface area contributed by atoms with Gasteiger partial charge in [0.1, 0.15) is 5.76 Å². The van der Waals surface area contributed by atoms with Crippen LogP contribution in [-0.4, -0.2) is 0 Å². The molecule has 0 atom stereocenters. The summed E-state index contributed by atoms with van der Waals surface area (Å²) >= 11 is 12.4. The van der Waals surface area contributed by atoms with Gasteiger partial charge in [0.15, 0.2) is 4.67 Å². The molecule has 2 rings (SSSR count). The van der Waals surface area contributed by atoms with Crippen molar-refractivity contribution in [3.05, 3.63) is 55.8 Å². The predicted octanol–water partition coefficient (Wildman–Crippen LogP) is 5.52. The Labute approximate surface area is 126 Å². The maximum atomic E-state index is 9.17. The molecule has 0 saturated heterocycles. The monoisotopic (exact) mass is 385 g/mol. The zero-order valence-corrected chi connectivity index (χ0v) is 12.9. The van der Waals surface area contributed by atoms with E-state index in [0.29, 0.717) is 21.0 Å². The van der Waals surface area contributed by atoms with E-state index < -0.39 is 0 Å². The highest BCUT2D eigenvalue weighted by Crippen LogP contribution is 2.29. The standard InChI is InChI=1S/C13H6Br2ClNO/c14-12-6-11(18-13(12)15)5-9(7-17)8-1-3-10(16)4-2-8/h1-6H. The number of benzene rings is 1. The van der Waals surface area contributed by atoms with E-state index in [0.717, 1.165) is 10.0 Å². The van der Waals surface area contributed by atoms with Crippen LogP contribution < -0.4 is 0 Å². The molecule has 0 spiro atoms. The molecule has 0 saturated carbocycles. The molecule has 0 aliphatic rings. The molecule has 1 aromatic carbocycles. The van der Waals surface area contributed by atoms with Crippen LogP contribution in [0.15, 0.2) is 43.9 Å². The number of allylic oxidation sites excluding steroid dienone is 1. The number of hydrogen-bond acceptors (Lipinski definition) is 2. The Kier molecular flexibility index (Phi) is 4.28. The second-order valence-electron chi connectivity index (χ2n) is 3.45. The van der Waals surface area contributed by atoms with Crippen LogP contribution in [0.3, 0.4) is 0 Å². The van der Waals surface area contributed by atoms with Gasteiger partial charge in [-0.05, 0) is 61.7 Å². The molecule has 0 aliphatic heterocycles. The molecule has 0 N–H and O–H groups in total. The van der Waals surface area contributed by atoms with Crippen molar-refractivity contribution in [2.45, 2.75) is 0 Å². The summed E-state index contributed by atoms with van der Waals surface area (Å²) in [6, 6.07) is 11.0. The lowest BCUT2D eigenvalue weighted by molar-refractivity contribution is 0.530. The molecular formula is C13H6Br2ClNO. The summed E-state index contributed by atoms with van der Waals surface area (Å²) in [7, 11) is 0. The lowest BCUT2D eigenvalue weighted by Gasteiger charge is -1.98. The number of hydrogen-bond donors (Lipinski definition) is 0. The molecule has 5 heteroatoms. The molecule has 1 heterocycles. The first kappa shape index (κ1) is 13.4. The summed E-state index contributed by atoms with van der Waals surface area (Å²) in [5.74, 6) is 0.597. The van der Waals surface area contributed by atoms with Crippen molar-refractivity contribution in [3.63, 3.8) is 0 Å². The third-order valence-electron chi connectivity index (χ3n) is 2.23. The number of rotatable bonds is 2. The minimum atomic E-state index is 0.514. The highest BCUT2D eigenvalue weighted by atomic mass is 79.9. The number of nitriles is 1. The second-order valence-corrected chi connectivity index (χ2v) is 5.46. The Balaban J connectivity index is 2.40. The van der Waals surface area contributed by atoms with Crippen LogP contribution in [0.5, 0.6) is 0 Å². The average molecular weight is 387 g/mol. The first-order valence-electron chi connectivity index (χ1n) is 4.92. The van der Waals surface area contributed by atoms with Crippen molar-refractivity contribution in [1.82, 2.24) is 0 Å². The first-order chi connectivity index (χ1) is 8.60. The third-order valence-corrected chi connectivity index (χ3v) is 4.19. The van der Waals surface area contributed by atoms with Crippen molar-refractivity contribution >= 4 is 55.1 Å². The minimum Gasteiger partial charge on any atom is -0.449 e. The number of furan rings is 1. The normalized spacial score (nSPS) is 11.3. The fourth-order valence-corrected chi connectivity index (χ4v) is 2.12. The van der Waals surface area contributed by atoms with Crippen LogP contribution in [0.2, 0.25) is 5.02 Å². The lowest BCUT2D eigenvalue weighted by Crippen LogP contribution is -1.80. The highest BCUT2D eigenvalue weighted by Gasteiger charge is 2.06. The van der Waals surface area contributed by atoms with Gasteiger partial charge in [0, 0.05) is 5.02 Å². The van der Waals surface area contributed by atoms with E-state index in [9.17, 15) is 0 Å². The van der Waals surface area contributed by atoms with E-state index >= 15 is 0 Å². The van der Waals surface area contributed by atoms with Crippen LogP contribution in [0, 0.1) is 11.3 Å². The Morgan fingerprint density at radius 1 is 1.28 bits per heavy atom. The van der Waals surface area contributed by atoms with Crippen LogP contribution in [-0.2, 0) is 0 Å². The number of halogens is 3. The van der Waals surface area contributed by atoms with Gasteiger partial charge in [0.05, 0.1) is 16.1 Å². The first-order valence-corrected chi connectivity index (χ1v) is 6.89. The van der Waals surface area contributed by atoms with Gasteiger partial charge >= 0.3 is 0 Å². The maximum Gasteiger partial charge on any atom is 0.184 e. The van der Waals surface area contributed by atoms with Gasteiger partial charge in [-0.15, -0.1) is 0 Å². The smallest absolute Gasteiger partial charge is 0.184 e. The van der Waals surface area contributed by atoms with E-state index in [1.165, 1.54) is 0 Å². The fraction of sp³-hybridized carbons (Fsp3) is 0. The molecule has 18 heavy (non-hydrogen) atoms. The Morgan fingerprint density at radius 2 is 1.94 bits per heavy atom. The van der Waals surface area contributed by atoms with Gasteiger partial charge < -0.3 is 4.42 Å². The predicted molar refractivity (Wildman–Crippen MR) is 79.0 cm³/mol. The van der Waals surface area contributed by atoms with Crippen LogP contribution in [0.4, 0.5) is 0 Å². The molecule has 2 nitrogen and oxygen atoms in total. The van der Waals surface area contributed by atoms with Gasteiger partial charge in [-0.3, -0.25) is 0 Å². The molecule has 0 aliphatic carbocycles. The van der Waals surface area contributed by atoms with Crippen LogP contribution in [0.25, 0.3) is 11.6 Å². The molecule has 1 aromatic heterocycles. The molecular weight excluding hydrogens is 381 g/mol. The fourth-order valence-electron chi connectivity index (χ4n) is 1.39. The molecule has 0 fully saturated rings. The van der Waals surface area contributed by atoms with Gasteiger partial charge in [-0.2, -0.15) is 5.26 Å². The van der Waals surface area contributed by atoms with Gasteiger partial charge in [0.25, 0.3) is 0 Å². The van der Waals surface area contributed by atoms with Crippen LogP contribution in [0.1, 0.15) is 11.3 Å². The molecule has 0 amide bonds. The van der Waals surface area contributed by atoms with Crippen molar-refractivity contribution in [2.75, 3.05) is 0 Å².